The molecule has 0 unspecified atom stereocenters. The number of benzene rings is 6. The SMILES string of the molecule is CC1(C)c2cc(-c3cc(-c4ccc(-c5ccccc5)nc4)nc(-c4cccc(-c5ccccc5)c4)n3)ccc2-c2ccc3ccccc3c21. The van der Waals surface area contributed by atoms with Gasteiger partial charge in [-0.3, -0.25) is 4.98 Å². The Morgan fingerprint density at radius 3 is 1.86 bits per heavy atom. The van der Waals surface area contributed by atoms with Crippen LogP contribution in [0.4, 0.5) is 0 Å². The third-order valence-electron chi connectivity index (χ3n) is 9.92. The van der Waals surface area contributed by atoms with Crippen molar-refractivity contribution in [2.75, 3.05) is 0 Å². The minimum absolute atomic E-state index is 0.165. The van der Waals surface area contributed by atoms with Crippen LogP contribution in [0, 0.1) is 0 Å². The summed E-state index contributed by atoms with van der Waals surface area (Å²) in [6, 6.07) is 55.6. The van der Waals surface area contributed by atoms with Crippen LogP contribution < -0.4 is 0 Å². The average Bonchev–Trinajstić information content (AvgIpc) is 3.41. The summed E-state index contributed by atoms with van der Waals surface area (Å²) in [6.07, 6.45) is 1.92. The zero-order valence-corrected chi connectivity index (χ0v) is 27.4. The van der Waals surface area contributed by atoms with Crippen molar-refractivity contribution in [3.8, 4) is 67.4 Å². The topological polar surface area (TPSA) is 38.7 Å². The monoisotopic (exact) mass is 627 g/mol. The number of aromatic nitrogens is 3. The molecule has 0 atom stereocenters. The predicted molar refractivity (Wildman–Crippen MR) is 202 cm³/mol. The predicted octanol–water partition coefficient (Wildman–Crippen LogP) is 11.7. The van der Waals surface area contributed by atoms with Gasteiger partial charge in [0.2, 0.25) is 0 Å². The molecule has 9 rings (SSSR count). The van der Waals surface area contributed by atoms with E-state index in [0.717, 1.165) is 50.5 Å². The molecule has 0 spiro atoms. The molecule has 3 heteroatoms. The molecule has 232 valence electrons. The van der Waals surface area contributed by atoms with Crippen molar-refractivity contribution in [3.05, 3.63) is 175 Å². The van der Waals surface area contributed by atoms with E-state index in [-0.39, 0.29) is 5.41 Å². The zero-order valence-electron chi connectivity index (χ0n) is 27.4. The van der Waals surface area contributed by atoms with Gasteiger partial charge in [-0.15, -0.1) is 0 Å². The lowest BCUT2D eigenvalue weighted by molar-refractivity contribution is 0.666. The summed E-state index contributed by atoms with van der Waals surface area (Å²) in [5, 5.41) is 2.59. The fourth-order valence-electron chi connectivity index (χ4n) is 7.43. The van der Waals surface area contributed by atoms with Gasteiger partial charge in [-0.25, -0.2) is 9.97 Å². The first-order valence-electron chi connectivity index (χ1n) is 16.8. The lowest BCUT2D eigenvalue weighted by Crippen LogP contribution is -2.15. The summed E-state index contributed by atoms with van der Waals surface area (Å²) in [5.74, 6) is 0.687. The van der Waals surface area contributed by atoms with Crippen molar-refractivity contribution in [1.82, 2.24) is 15.0 Å². The second kappa shape index (κ2) is 11.5. The molecule has 0 fully saturated rings. The molecule has 0 bridgehead atoms. The molecule has 2 heterocycles. The van der Waals surface area contributed by atoms with E-state index in [4.69, 9.17) is 15.0 Å². The Kier molecular flexibility index (Phi) is 6.80. The van der Waals surface area contributed by atoms with E-state index in [1.165, 1.54) is 33.0 Å². The second-order valence-corrected chi connectivity index (χ2v) is 13.3. The minimum atomic E-state index is -0.165. The van der Waals surface area contributed by atoms with Crippen LogP contribution >= 0.6 is 0 Å². The van der Waals surface area contributed by atoms with E-state index in [9.17, 15) is 0 Å². The Morgan fingerprint density at radius 2 is 1.08 bits per heavy atom. The summed E-state index contributed by atoms with van der Waals surface area (Å²) in [7, 11) is 0. The number of fused-ring (bicyclic) bond motifs is 5. The van der Waals surface area contributed by atoms with Gasteiger partial charge in [0.15, 0.2) is 5.82 Å². The molecule has 0 amide bonds. The smallest absolute Gasteiger partial charge is 0.160 e. The van der Waals surface area contributed by atoms with Crippen molar-refractivity contribution >= 4 is 10.8 Å². The molecule has 8 aromatic rings. The number of nitrogens with zero attached hydrogens (tertiary/aromatic N) is 3. The fraction of sp³-hybridized carbons (Fsp3) is 0.0652. The van der Waals surface area contributed by atoms with Gasteiger partial charge in [0, 0.05) is 33.9 Å². The highest BCUT2D eigenvalue weighted by molar-refractivity contribution is 5.98. The lowest BCUT2D eigenvalue weighted by atomic mass is 9.80. The summed E-state index contributed by atoms with van der Waals surface area (Å²) in [5.41, 5.74) is 14.2. The maximum Gasteiger partial charge on any atom is 0.160 e. The van der Waals surface area contributed by atoms with Gasteiger partial charge in [-0.2, -0.15) is 0 Å². The van der Waals surface area contributed by atoms with Crippen LogP contribution in [0.2, 0.25) is 0 Å². The third-order valence-corrected chi connectivity index (χ3v) is 9.92. The van der Waals surface area contributed by atoms with Crippen LogP contribution in [0.5, 0.6) is 0 Å². The van der Waals surface area contributed by atoms with Crippen molar-refractivity contribution < 1.29 is 0 Å². The average molecular weight is 628 g/mol. The Hall–Kier alpha value is -6.19. The number of hydrogen-bond donors (Lipinski definition) is 0. The first-order valence-corrected chi connectivity index (χ1v) is 16.8. The van der Waals surface area contributed by atoms with E-state index >= 15 is 0 Å². The maximum atomic E-state index is 5.24. The van der Waals surface area contributed by atoms with E-state index in [1.807, 2.05) is 30.5 Å². The van der Waals surface area contributed by atoms with Crippen LogP contribution in [-0.4, -0.2) is 15.0 Å². The molecular formula is C46H33N3. The van der Waals surface area contributed by atoms with Crippen molar-refractivity contribution in [2.45, 2.75) is 19.3 Å². The van der Waals surface area contributed by atoms with E-state index in [0.29, 0.717) is 5.82 Å². The van der Waals surface area contributed by atoms with Gasteiger partial charge in [-0.1, -0.05) is 141 Å². The molecular weight excluding hydrogens is 595 g/mol. The molecule has 3 nitrogen and oxygen atoms in total. The molecule has 49 heavy (non-hydrogen) atoms. The Bertz CT molecular complexity index is 2500. The highest BCUT2D eigenvalue weighted by Crippen LogP contribution is 2.52. The zero-order chi connectivity index (χ0) is 33.0. The third kappa shape index (κ3) is 5.03. The Balaban J connectivity index is 1.19. The highest BCUT2D eigenvalue weighted by atomic mass is 14.9. The van der Waals surface area contributed by atoms with E-state index in [1.54, 1.807) is 0 Å². The summed E-state index contributed by atoms with van der Waals surface area (Å²) in [6.45, 7) is 4.69. The minimum Gasteiger partial charge on any atom is -0.256 e. The molecule has 6 aromatic carbocycles. The summed E-state index contributed by atoms with van der Waals surface area (Å²) < 4.78 is 0. The largest absolute Gasteiger partial charge is 0.256 e. The van der Waals surface area contributed by atoms with Crippen LogP contribution in [0.3, 0.4) is 0 Å². The first kappa shape index (κ1) is 29.0. The fourth-order valence-corrected chi connectivity index (χ4v) is 7.43. The van der Waals surface area contributed by atoms with Gasteiger partial charge < -0.3 is 0 Å². The normalized spacial score (nSPS) is 12.9. The lowest BCUT2D eigenvalue weighted by Gasteiger charge is -2.23. The van der Waals surface area contributed by atoms with E-state index in [2.05, 4.69) is 147 Å². The Labute approximate surface area is 286 Å². The second-order valence-electron chi connectivity index (χ2n) is 13.3. The van der Waals surface area contributed by atoms with Gasteiger partial charge in [-0.05, 0) is 74.5 Å². The van der Waals surface area contributed by atoms with Crippen LogP contribution in [-0.2, 0) is 5.41 Å². The van der Waals surface area contributed by atoms with Crippen LogP contribution in [0.1, 0.15) is 25.0 Å². The van der Waals surface area contributed by atoms with Gasteiger partial charge in [0.05, 0.1) is 17.1 Å². The highest BCUT2D eigenvalue weighted by Gasteiger charge is 2.37. The van der Waals surface area contributed by atoms with Crippen molar-refractivity contribution in [3.63, 3.8) is 0 Å². The van der Waals surface area contributed by atoms with Gasteiger partial charge in [0.1, 0.15) is 0 Å². The van der Waals surface area contributed by atoms with Crippen LogP contribution in [0.15, 0.2) is 164 Å². The number of pyridine rings is 1. The van der Waals surface area contributed by atoms with E-state index < -0.39 is 0 Å². The first-order chi connectivity index (χ1) is 24.0. The molecule has 0 radical (unpaired) electrons. The standard InChI is InChI=1S/C46H33N3/c1-46(2)40-27-34(21-23-38(40)39-24-20-31-14-9-10-19-37(31)44(39)46)42-28-43(36-22-25-41(47-29-36)32-15-7-4-8-16-32)49-45(48-42)35-18-11-17-33(26-35)30-12-5-3-6-13-30/h3-29H,1-2H3. The van der Waals surface area contributed by atoms with Gasteiger partial charge in [0.25, 0.3) is 0 Å². The molecule has 2 aromatic heterocycles. The maximum absolute atomic E-state index is 5.24. The molecule has 0 aliphatic heterocycles. The molecule has 1 aliphatic carbocycles. The molecule has 0 saturated carbocycles. The van der Waals surface area contributed by atoms with Gasteiger partial charge >= 0.3 is 0 Å². The molecule has 0 saturated heterocycles. The van der Waals surface area contributed by atoms with Crippen LogP contribution in [0.25, 0.3) is 78.2 Å². The van der Waals surface area contributed by atoms with Crippen molar-refractivity contribution in [2.24, 2.45) is 0 Å². The Morgan fingerprint density at radius 1 is 0.429 bits per heavy atom. The summed E-state index contributed by atoms with van der Waals surface area (Å²) in [4.78, 5) is 15.2. The molecule has 0 N–H and O–H groups in total. The molecule has 1 aliphatic rings. The quantitative estimate of drug-likeness (QED) is 0.191. The number of rotatable bonds is 5. The summed E-state index contributed by atoms with van der Waals surface area (Å²) >= 11 is 0. The van der Waals surface area contributed by atoms with Crippen molar-refractivity contribution in [1.29, 1.82) is 0 Å². The number of hydrogen-bond acceptors (Lipinski definition) is 3.